The third kappa shape index (κ3) is 2.65. The van der Waals surface area contributed by atoms with Gasteiger partial charge in [0.25, 0.3) is 0 Å². The number of rotatable bonds is 3. The molecule has 1 aromatic carbocycles. The molecule has 0 saturated heterocycles. The number of hydrazone groups is 1. The quantitative estimate of drug-likeness (QED) is 0.689. The SMILES string of the molecule is N#CC(C#N)=NNc1ccc(-c2nnc3n2CCCC3)cc1. The molecule has 0 spiro atoms. The second-order valence-corrected chi connectivity index (χ2v) is 4.92. The molecule has 2 aromatic rings. The molecule has 0 amide bonds. The summed E-state index contributed by atoms with van der Waals surface area (Å²) in [6.07, 6.45) is 3.29. The van der Waals surface area contributed by atoms with Gasteiger partial charge in [-0.15, -0.1) is 10.2 Å². The zero-order valence-electron chi connectivity index (χ0n) is 11.8. The van der Waals surface area contributed by atoms with Gasteiger partial charge in [0.1, 0.15) is 18.0 Å². The first kappa shape index (κ1) is 13.8. The Balaban J connectivity index is 1.81. The number of nitriles is 2. The lowest BCUT2D eigenvalue weighted by Crippen LogP contribution is -2.11. The lowest BCUT2D eigenvalue weighted by atomic mass is 10.1. The van der Waals surface area contributed by atoms with Crippen LogP contribution in [-0.2, 0) is 13.0 Å². The topological polar surface area (TPSA) is 103 Å². The third-order valence-electron chi connectivity index (χ3n) is 3.51. The van der Waals surface area contributed by atoms with Gasteiger partial charge in [-0.1, -0.05) is 0 Å². The molecular weight excluding hydrogens is 278 g/mol. The standard InChI is InChI=1S/C15H13N7/c16-9-13(10-17)19-18-12-6-4-11(5-7-12)15-21-20-14-3-1-2-8-22(14)15/h4-7,18H,1-3,8H2. The summed E-state index contributed by atoms with van der Waals surface area (Å²) in [6, 6.07) is 10.9. The fourth-order valence-corrected chi connectivity index (χ4v) is 2.41. The van der Waals surface area contributed by atoms with Gasteiger partial charge < -0.3 is 4.57 Å². The fraction of sp³-hybridized carbons (Fsp3) is 0.267. The smallest absolute Gasteiger partial charge is 0.237 e. The molecule has 108 valence electrons. The molecule has 0 radical (unpaired) electrons. The number of fused-ring (bicyclic) bond motifs is 1. The van der Waals surface area contributed by atoms with E-state index in [0.717, 1.165) is 36.6 Å². The molecule has 1 N–H and O–H groups in total. The predicted molar refractivity (Wildman–Crippen MR) is 80.7 cm³/mol. The van der Waals surface area contributed by atoms with E-state index in [1.807, 2.05) is 24.3 Å². The molecule has 0 atom stereocenters. The number of aromatic nitrogens is 3. The third-order valence-corrected chi connectivity index (χ3v) is 3.51. The molecule has 7 heteroatoms. The molecule has 0 bridgehead atoms. The van der Waals surface area contributed by atoms with Crippen LogP contribution in [-0.4, -0.2) is 20.5 Å². The van der Waals surface area contributed by atoms with E-state index < -0.39 is 0 Å². The Hall–Kier alpha value is -3.19. The number of nitrogens with zero attached hydrogens (tertiary/aromatic N) is 6. The first-order chi connectivity index (χ1) is 10.8. The number of hydrogen-bond acceptors (Lipinski definition) is 6. The van der Waals surface area contributed by atoms with E-state index in [2.05, 4.69) is 25.3 Å². The molecule has 0 aliphatic carbocycles. The van der Waals surface area contributed by atoms with Crippen LogP contribution < -0.4 is 5.43 Å². The Labute approximate surface area is 127 Å². The lowest BCUT2D eigenvalue weighted by molar-refractivity contribution is 0.526. The van der Waals surface area contributed by atoms with Crippen molar-refractivity contribution in [3.63, 3.8) is 0 Å². The normalized spacial score (nSPS) is 12.6. The average molecular weight is 291 g/mol. The summed E-state index contributed by atoms with van der Waals surface area (Å²) < 4.78 is 2.16. The summed E-state index contributed by atoms with van der Waals surface area (Å²) in [4.78, 5) is 0. The number of anilines is 1. The molecule has 0 unspecified atom stereocenters. The summed E-state index contributed by atoms with van der Waals surface area (Å²) >= 11 is 0. The zero-order valence-corrected chi connectivity index (χ0v) is 11.8. The lowest BCUT2D eigenvalue weighted by Gasteiger charge is -2.14. The van der Waals surface area contributed by atoms with E-state index in [9.17, 15) is 0 Å². The van der Waals surface area contributed by atoms with Crippen molar-refractivity contribution in [2.75, 3.05) is 5.43 Å². The summed E-state index contributed by atoms with van der Waals surface area (Å²) in [5.41, 5.74) is 4.15. The summed E-state index contributed by atoms with van der Waals surface area (Å²) in [5.74, 6) is 1.92. The highest BCUT2D eigenvalue weighted by molar-refractivity contribution is 6.10. The highest BCUT2D eigenvalue weighted by Crippen LogP contribution is 2.24. The number of benzene rings is 1. The minimum atomic E-state index is -0.212. The predicted octanol–water partition coefficient (Wildman–Crippen LogP) is 2.10. The fourth-order valence-electron chi connectivity index (χ4n) is 2.41. The largest absolute Gasteiger partial charge is 0.311 e. The van der Waals surface area contributed by atoms with E-state index in [4.69, 9.17) is 10.5 Å². The highest BCUT2D eigenvalue weighted by Gasteiger charge is 2.16. The highest BCUT2D eigenvalue weighted by atomic mass is 15.3. The van der Waals surface area contributed by atoms with Crippen LogP contribution in [0.25, 0.3) is 11.4 Å². The van der Waals surface area contributed by atoms with Crippen LogP contribution in [0.3, 0.4) is 0 Å². The molecule has 2 heterocycles. The van der Waals surface area contributed by atoms with Crippen molar-refractivity contribution in [1.82, 2.24) is 14.8 Å². The van der Waals surface area contributed by atoms with Crippen molar-refractivity contribution in [1.29, 1.82) is 10.5 Å². The monoisotopic (exact) mass is 291 g/mol. The minimum absolute atomic E-state index is 0.212. The van der Waals surface area contributed by atoms with E-state index in [1.165, 1.54) is 6.42 Å². The van der Waals surface area contributed by atoms with Crippen molar-refractivity contribution >= 4 is 11.4 Å². The number of hydrogen-bond donors (Lipinski definition) is 1. The molecule has 3 rings (SSSR count). The van der Waals surface area contributed by atoms with E-state index >= 15 is 0 Å². The molecule has 0 fully saturated rings. The molecule has 1 aliphatic heterocycles. The Morgan fingerprint density at radius 2 is 1.91 bits per heavy atom. The second kappa shape index (κ2) is 6.06. The average Bonchev–Trinajstić information content (AvgIpc) is 3.00. The van der Waals surface area contributed by atoms with Crippen LogP contribution in [0.15, 0.2) is 29.4 Å². The Kier molecular flexibility index (Phi) is 3.80. The van der Waals surface area contributed by atoms with Crippen LogP contribution in [0.4, 0.5) is 5.69 Å². The van der Waals surface area contributed by atoms with E-state index in [-0.39, 0.29) is 5.71 Å². The minimum Gasteiger partial charge on any atom is -0.311 e. The van der Waals surface area contributed by atoms with Gasteiger partial charge in [0, 0.05) is 18.5 Å². The molecule has 1 aliphatic rings. The van der Waals surface area contributed by atoms with Gasteiger partial charge >= 0.3 is 0 Å². The number of aryl methyl sites for hydroxylation is 1. The van der Waals surface area contributed by atoms with Crippen LogP contribution in [0.5, 0.6) is 0 Å². The molecule has 0 saturated carbocycles. The van der Waals surface area contributed by atoms with Crippen LogP contribution in [0, 0.1) is 22.7 Å². The van der Waals surface area contributed by atoms with Crippen molar-refractivity contribution in [2.45, 2.75) is 25.8 Å². The van der Waals surface area contributed by atoms with Crippen molar-refractivity contribution in [3.05, 3.63) is 30.1 Å². The second-order valence-electron chi connectivity index (χ2n) is 4.92. The first-order valence-electron chi connectivity index (χ1n) is 6.98. The maximum Gasteiger partial charge on any atom is 0.237 e. The Bertz CT molecular complexity index is 771. The van der Waals surface area contributed by atoms with E-state index in [1.54, 1.807) is 12.1 Å². The first-order valence-corrected chi connectivity index (χ1v) is 6.98. The van der Waals surface area contributed by atoms with Gasteiger partial charge in [0.15, 0.2) is 5.82 Å². The molecular formula is C15H13N7. The summed E-state index contributed by atoms with van der Waals surface area (Å²) in [6.45, 7) is 0.954. The molecule has 22 heavy (non-hydrogen) atoms. The molecule has 1 aromatic heterocycles. The zero-order chi connectivity index (χ0) is 15.4. The summed E-state index contributed by atoms with van der Waals surface area (Å²) in [5, 5.41) is 29.5. The number of nitrogens with one attached hydrogen (secondary N) is 1. The maximum absolute atomic E-state index is 8.62. The Morgan fingerprint density at radius 1 is 1.14 bits per heavy atom. The van der Waals surface area contributed by atoms with Gasteiger partial charge in [-0.2, -0.15) is 15.6 Å². The van der Waals surface area contributed by atoms with Gasteiger partial charge in [0.2, 0.25) is 5.71 Å². The Morgan fingerprint density at radius 3 is 2.64 bits per heavy atom. The van der Waals surface area contributed by atoms with Crippen molar-refractivity contribution < 1.29 is 0 Å². The van der Waals surface area contributed by atoms with Gasteiger partial charge in [-0.3, -0.25) is 5.43 Å². The molecule has 7 nitrogen and oxygen atoms in total. The summed E-state index contributed by atoms with van der Waals surface area (Å²) in [7, 11) is 0. The van der Waals surface area contributed by atoms with Crippen LogP contribution >= 0.6 is 0 Å². The van der Waals surface area contributed by atoms with Gasteiger partial charge in [-0.25, -0.2) is 0 Å². The van der Waals surface area contributed by atoms with Gasteiger partial charge in [-0.05, 0) is 37.1 Å². The van der Waals surface area contributed by atoms with Gasteiger partial charge in [0.05, 0.1) is 5.69 Å². The van der Waals surface area contributed by atoms with Crippen LogP contribution in [0.1, 0.15) is 18.7 Å². The maximum atomic E-state index is 8.62. The van der Waals surface area contributed by atoms with E-state index in [0.29, 0.717) is 5.69 Å². The van der Waals surface area contributed by atoms with Crippen molar-refractivity contribution in [2.24, 2.45) is 5.10 Å². The van der Waals surface area contributed by atoms with Crippen LogP contribution in [0.2, 0.25) is 0 Å². The van der Waals surface area contributed by atoms with Crippen molar-refractivity contribution in [3.8, 4) is 23.5 Å².